The van der Waals surface area contributed by atoms with Crippen LogP contribution in [0.1, 0.15) is 18.2 Å². The van der Waals surface area contributed by atoms with Gasteiger partial charge in [0.2, 0.25) is 0 Å². The number of fused-ring (bicyclic) bond motifs is 1. The van der Waals surface area contributed by atoms with Crippen molar-refractivity contribution in [3.05, 3.63) is 35.5 Å². The fraction of sp³-hybridized carbons (Fsp3) is 0.429. The highest BCUT2D eigenvalue weighted by Gasteiger charge is 2.28. The van der Waals surface area contributed by atoms with Crippen LogP contribution < -0.4 is 5.32 Å². The van der Waals surface area contributed by atoms with Crippen LogP contribution in [-0.2, 0) is 12.6 Å². The van der Waals surface area contributed by atoms with Crippen LogP contribution in [0.2, 0.25) is 0 Å². The smallest absolute Gasteiger partial charge is 0.101 e. The number of aliphatic hydroxyl groups is 1. The first kappa shape index (κ1) is 12.1. The van der Waals surface area contributed by atoms with E-state index < -0.39 is 5.60 Å². The van der Waals surface area contributed by atoms with Crippen molar-refractivity contribution in [3.63, 3.8) is 0 Å². The Hall–Kier alpha value is -1.32. The SMILES string of the molecule is CNCC(C)(O)c1c(C)n(C)c2ccccc12. The molecule has 2 rings (SSSR count). The normalized spacial score (nSPS) is 15.1. The summed E-state index contributed by atoms with van der Waals surface area (Å²) in [5.41, 5.74) is 2.45. The van der Waals surface area contributed by atoms with Crippen molar-refractivity contribution in [1.29, 1.82) is 0 Å². The van der Waals surface area contributed by atoms with Crippen molar-refractivity contribution < 1.29 is 5.11 Å². The molecule has 0 saturated heterocycles. The molecule has 0 aliphatic rings. The summed E-state index contributed by atoms with van der Waals surface area (Å²) in [5.74, 6) is 0. The number of likely N-dealkylation sites (N-methyl/N-ethyl adjacent to an activating group) is 1. The minimum atomic E-state index is -0.848. The van der Waals surface area contributed by atoms with E-state index in [0.29, 0.717) is 6.54 Å². The molecule has 0 amide bonds. The zero-order chi connectivity index (χ0) is 12.6. The Balaban J connectivity index is 2.73. The number of nitrogens with zero attached hydrogens (tertiary/aromatic N) is 1. The van der Waals surface area contributed by atoms with Gasteiger partial charge in [-0.15, -0.1) is 0 Å². The summed E-state index contributed by atoms with van der Waals surface area (Å²) in [6.07, 6.45) is 0. The van der Waals surface area contributed by atoms with Crippen LogP contribution in [0, 0.1) is 6.92 Å². The molecule has 1 aromatic carbocycles. The first-order valence-electron chi connectivity index (χ1n) is 5.90. The molecule has 0 spiro atoms. The summed E-state index contributed by atoms with van der Waals surface area (Å²) in [7, 11) is 3.89. The third-order valence-corrected chi connectivity index (χ3v) is 3.46. The molecule has 0 radical (unpaired) electrons. The Morgan fingerprint density at radius 1 is 1.35 bits per heavy atom. The molecule has 0 bridgehead atoms. The Kier molecular flexibility index (Phi) is 2.98. The quantitative estimate of drug-likeness (QED) is 0.848. The molecule has 3 heteroatoms. The maximum Gasteiger partial charge on any atom is 0.101 e. The van der Waals surface area contributed by atoms with E-state index in [4.69, 9.17) is 0 Å². The molecular formula is C14H20N2O. The molecule has 3 nitrogen and oxygen atoms in total. The highest BCUT2D eigenvalue weighted by molar-refractivity contribution is 5.86. The van der Waals surface area contributed by atoms with E-state index in [1.54, 1.807) is 0 Å². The van der Waals surface area contributed by atoms with E-state index in [2.05, 4.69) is 28.9 Å². The van der Waals surface area contributed by atoms with Crippen LogP contribution in [0.15, 0.2) is 24.3 Å². The van der Waals surface area contributed by atoms with Crippen LogP contribution in [0.5, 0.6) is 0 Å². The van der Waals surface area contributed by atoms with Crippen LogP contribution in [0.3, 0.4) is 0 Å². The third kappa shape index (κ3) is 1.85. The second-order valence-electron chi connectivity index (χ2n) is 4.84. The van der Waals surface area contributed by atoms with Crippen molar-refractivity contribution in [1.82, 2.24) is 9.88 Å². The largest absolute Gasteiger partial charge is 0.384 e. The minimum absolute atomic E-state index is 0.543. The van der Waals surface area contributed by atoms with Gasteiger partial charge >= 0.3 is 0 Å². The first-order valence-corrected chi connectivity index (χ1v) is 5.90. The van der Waals surface area contributed by atoms with E-state index in [1.165, 1.54) is 0 Å². The number of nitrogens with one attached hydrogen (secondary N) is 1. The maximum absolute atomic E-state index is 10.6. The van der Waals surface area contributed by atoms with E-state index in [-0.39, 0.29) is 0 Å². The molecule has 1 atom stereocenters. The van der Waals surface area contributed by atoms with E-state index in [9.17, 15) is 5.11 Å². The number of rotatable bonds is 3. The molecular weight excluding hydrogens is 212 g/mol. The van der Waals surface area contributed by atoms with Gasteiger partial charge in [-0.1, -0.05) is 18.2 Å². The highest BCUT2D eigenvalue weighted by Crippen LogP contribution is 2.33. The van der Waals surface area contributed by atoms with Gasteiger partial charge in [-0.25, -0.2) is 0 Å². The molecule has 1 aromatic heterocycles. The van der Waals surface area contributed by atoms with Crippen molar-refractivity contribution in [2.24, 2.45) is 7.05 Å². The summed E-state index contributed by atoms with van der Waals surface area (Å²) >= 11 is 0. The van der Waals surface area contributed by atoms with Crippen LogP contribution in [-0.4, -0.2) is 23.3 Å². The second-order valence-corrected chi connectivity index (χ2v) is 4.84. The lowest BCUT2D eigenvalue weighted by atomic mass is 9.93. The van der Waals surface area contributed by atoms with E-state index in [0.717, 1.165) is 22.2 Å². The second kappa shape index (κ2) is 4.17. The molecule has 1 unspecified atom stereocenters. The lowest BCUT2D eigenvalue weighted by Crippen LogP contribution is -2.34. The average molecular weight is 232 g/mol. The summed E-state index contributed by atoms with van der Waals surface area (Å²) in [4.78, 5) is 0. The third-order valence-electron chi connectivity index (χ3n) is 3.46. The predicted octanol–water partition coefficient (Wildman–Crippen LogP) is 1.91. The number of benzene rings is 1. The summed E-state index contributed by atoms with van der Waals surface area (Å²) in [6.45, 7) is 4.46. The van der Waals surface area contributed by atoms with Crippen LogP contribution >= 0.6 is 0 Å². The van der Waals surface area contributed by atoms with Crippen molar-refractivity contribution in [2.75, 3.05) is 13.6 Å². The Labute approximate surface area is 102 Å². The van der Waals surface area contributed by atoms with Crippen molar-refractivity contribution >= 4 is 10.9 Å². The molecule has 0 aliphatic carbocycles. The highest BCUT2D eigenvalue weighted by atomic mass is 16.3. The zero-order valence-electron chi connectivity index (χ0n) is 10.9. The first-order chi connectivity index (χ1) is 7.99. The molecule has 0 fully saturated rings. The molecule has 1 heterocycles. The Morgan fingerprint density at radius 2 is 2.00 bits per heavy atom. The number of aromatic nitrogens is 1. The van der Waals surface area contributed by atoms with Gasteiger partial charge in [0.1, 0.15) is 5.60 Å². The van der Waals surface area contributed by atoms with Gasteiger partial charge in [0, 0.05) is 35.8 Å². The molecule has 92 valence electrons. The van der Waals surface area contributed by atoms with E-state index >= 15 is 0 Å². The summed E-state index contributed by atoms with van der Waals surface area (Å²) < 4.78 is 2.13. The minimum Gasteiger partial charge on any atom is -0.384 e. The van der Waals surface area contributed by atoms with E-state index in [1.807, 2.05) is 33.2 Å². The molecule has 0 aliphatic heterocycles. The molecule has 2 aromatic rings. The van der Waals surface area contributed by atoms with Crippen LogP contribution in [0.25, 0.3) is 10.9 Å². The predicted molar refractivity (Wildman–Crippen MR) is 71.2 cm³/mol. The zero-order valence-corrected chi connectivity index (χ0v) is 10.9. The lowest BCUT2D eigenvalue weighted by Gasteiger charge is -2.24. The molecule has 2 N–H and O–H groups in total. The van der Waals surface area contributed by atoms with Gasteiger partial charge in [0.25, 0.3) is 0 Å². The fourth-order valence-corrected chi connectivity index (χ4v) is 2.63. The monoisotopic (exact) mass is 232 g/mol. The van der Waals surface area contributed by atoms with Crippen molar-refractivity contribution in [3.8, 4) is 0 Å². The van der Waals surface area contributed by atoms with Gasteiger partial charge in [-0.3, -0.25) is 0 Å². The maximum atomic E-state index is 10.6. The summed E-state index contributed by atoms with van der Waals surface area (Å²) in [5, 5.41) is 14.8. The average Bonchev–Trinajstić information content (AvgIpc) is 2.53. The fourth-order valence-electron chi connectivity index (χ4n) is 2.63. The van der Waals surface area contributed by atoms with Gasteiger partial charge in [-0.05, 0) is 27.0 Å². The van der Waals surface area contributed by atoms with Gasteiger partial charge < -0.3 is 15.0 Å². The number of para-hydroxylation sites is 1. The lowest BCUT2D eigenvalue weighted by molar-refractivity contribution is 0.0598. The standard InChI is InChI=1S/C14H20N2O/c1-10-13(14(2,17)9-15-3)11-7-5-6-8-12(11)16(10)4/h5-8,15,17H,9H2,1-4H3. The van der Waals surface area contributed by atoms with Crippen LogP contribution in [0.4, 0.5) is 0 Å². The Morgan fingerprint density at radius 3 is 2.65 bits per heavy atom. The number of hydrogen-bond acceptors (Lipinski definition) is 2. The van der Waals surface area contributed by atoms with Gasteiger partial charge in [0.05, 0.1) is 0 Å². The number of aryl methyl sites for hydroxylation is 1. The van der Waals surface area contributed by atoms with Gasteiger partial charge in [-0.2, -0.15) is 0 Å². The number of hydrogen-bond donors (Lipinski definition) is 2. The summed E-state index contributed by atoms with van der Waals surface area (Å²) in [6, 6.07) is 8.20. The van der Waals surface area contributed by atoms with Crippen molar-refractivity contribution in [2.45, 2.75) is 19.4 Å². The van der Waals surface area contributed by atoms with Gasteiger partial charge in [0.15, 0.2) is 0 Å². The molecule has 0 saturated carbocycles. The Bertz CT molecular complexity index is 540. The topological polar surface area (TPSA) is 37.2 Å². The molecule has 17 heavy (non-hydrogen) atoms.